The van der Waals surface area contributed by atoms with Crippen molar-refractivity contribution in [1.29, 1.82) is 0 Å². The number of esters is 1. The highest BCUT2D eigenvalue weighted by atomic mass is 16.5. The summed E-state index contributed by atoms with van der Waals surface area (Å²) in [4.78, 5) is 11.4. The summed E-state index contributed by atoms with van der Waals surface area (Å²) in [6, 6.07) is 5.21. The van der Waals surface area contributed by atoms with E-state index in [1.54, 1.807) is 7.05 Å². The van der Waals surface area contributed by atoms with Gasteiger partial charge in [-0.05, 0) is 33.0 Å². The molecule has 0 aliphatic rings. The van der Waals surface area contributed by atoms with Gasteiger partial charge in [-0.2, -0.15) is 0 Å². The van der Waals surface area contributed by atoms with E-state index in [-0.39, 0.29) is 12.4 Å². The van der Waals surface area contributed by atoms with Crippen LogP contribution in [-0.4, -0.2) is 37.9 Å². The van der Waals surface area contributed by atoms with Crippen molar-refractivity contribution in [3.8, 4) is 5.75 Å². The van der Waals surface area contributed by atoms with Gasteiger partial charge in [0.2, 0.25) is 0 Å². The molecule has 0 heterocycles. The third-order valence-electron chi connectivity index (χ3n) is 3.15. The molecule has 0 aliphatic heterocycles. The minimum Gasteiger partial charge on any atom is -0.493 e. The minimum atomic E-state index is -0.847. The first-order valence-corrected chi connectivity index (χ1v) is 6.69. The molecule has 5 nitrogen and oxygen atoms in total. The number of nitrogens with one attached hydrogen (secondary N) is 1. The highest BCUT2D eigenvalue weighted by Gasteiger charge is 2.25. The normalized spacial score (nSPS) is 13.7. The molecular formula is C15H23NO4. The van der Waals surface area contributed by atoms with Crippen molar-refractivity contribution < 1.29 is 19.4 Å². The second-order valence-electron chi connectivity index (χ2n) is 4.59. The standard InChI is InChI=1S/C15H23NO4/c1-5-20-13-7-6-10(2)8-11(13)15(18)12(16-3)9-14(17)19-4/h6-8,12,15-16,18H,5,9H2,1-4H3. The SMILES string of the molecule is CCOc1ccc(C)cc1C(O)C(CC(=O)OC)NC. The molecule has 5 heteroatoms. The number of benzene rings is 1. The molecule has 0 radical (unpaired) electrons. The van der Waals surface area contributed by atoms with E-state index in [9.17, 15) is 9.90 Å². The van der Waals surface area contributed by atoms with Crippen molar-refractivity contribution in [2.24, 2.45) is 0 Å². The van der Waals surface area contributed by atoms with Gasteiger partial charge in [0, 0.05) is 11.6 Å². The summed E-state index contributed by atoms with van der Waals surface area (Å²) in [7, 11) is 3.03. The van der Waals surface area contributed by atoms with Crippen molar-refractivity contribution in [2.75, 3.05) is 20.8 Å². The Kier molecular flexibility index (Phi) is 6.48. The maximum Gasteiger partial charge on any atom is 0.307 e. The largest absolute Gasteiger partial charge is 0.493 e. The lowest BCUT2D eigenvalue weighted by atomic mass is 9.97. The quantitative estimate of drug-likeness (QED) is 0.743. The average Bonchev–Trinajstić information content (AvgIpc) is 2.45. The van der Waals surface area contributed by atoms with Gasteiger partial charge in [0.05, 0.1) is 26.2 Å². The summed E-state index contributed by atoms with van der Waals surface area (Å²) < 4.78 is 10.2. The van der Waals surface area contributed by atoms with Crippen molar-refractivity contribution in [2.45, 2.75) is 32.4 Å². The van der Waals surface area contributed by atoms with Gasteiger partial charge in [-0.15, -0.1) is 0 Å². The van der Waals surface area contributed by atoms with Crippen LogP contribution in [0, 0.1) is 6.92 Å². The number of aliphatic hydroxyl groups is 1. The number of aryl methyl sites for hydroxylation is 1. The fourth-order valence-electron chi connectivity index (χ4n) is 2.04. The number of hydrogen-bond acceptors (Lipinski definition) is 5. The van der Waals surface area contributed by atoms with Gasteiger partial charge in [0.25, 0.3) is 0 Å². The summed E-state index contributed by atoms with van der Waals surface area (Å²) >= 11 is 0. The third-order valence-corrected chi connectivity index (χ3v) is 3.15. The third kappa shape index (κ3) is 4.21. The predicted molar refractivity (Wildman–Crippen MR) is 76.8 cm³/mol. The lowest BCUT2D eigenvalue weighted by Gasteiger charge is -2.24. The molecule has 1 aromatic carbocycles. The maximum absolute atomic E-state index is 11.4. The number of rotatable bonds is 7. The Labute approximate surface area is 119 Å². The smallest absolute Gasteiger partial charge is 0.307 e. The molecular weight excluding hydrogens is 258 g/mol. The number of hydrogen-bond donors (Lipinski definition) is 2. The average molecular weight is 281 g/mol. The molecule has 112 valence electrons. The molecule has 0 saturated heterocycles. The molecule has 2 N–H and O–H groups in total. The first-order valence-electron chi connectivity index (χ1n) is 6.69. The van der Waals surface area contributed by atoms with Crippen molar-refractivity contribution >= 4 is 5.97 Å². The topological polar surface area (TPSA) is 67.8 Å². The van der Waals surface area contributed by atoms with Crippen LogP contribution in [0.5, 0.6) is 5.75 Å². The van der Waals surface area contributed by atoms with E-state index in [0.29, 0.717) is 17.9 Å². The lowest BCUT2D eigenvalue weighted by molar-refractivity contribution is -0.142. The van der Waals surface area contributed by atoms with Crippen molar-refractivity contribution in [3.63, 3.8) is 0 Å². The number of methoxy groups -OCH3 is 1. The van der Waals surface area contributed by atoms with E-state index in [2.05, 4.69) is 10.1 Å². The predicted octanol–water partition coefficient (Wildman–Crippen LogP) is 1.58. The van der Waals surface area contributed by atoms with Gasteiger partial charge in [-0.3, -0.25) is 4.79 Å². The van der Waals surface area contributed by atoms with E-state index in [1.165, 1.54) is 7.11 Å². The minimum absolute atomic E-state index is 0.0909. The van der Waals surface area contributed by atoms with Crippen LogP contribution in [0.1, 0.15) is 30.6 Å². The molecule has 0 bridgehead atoms. The first kappa shape index (κ1) is 16.5. The molecule has 20 heavy (non-hydrogen) atoms. The fourth-order valence-corrected chi connectivity index (χ4v) is 2.04. The van der Waals surface area contributed by atoms with E-state index in [4.69, 9.17) is 4.74 Å². The van der Waals surface area contributed by atoms with Gasteiger partial charge in [-0.1, -0.05) is 11.6 Å². The molecule has 1 aromatic rings. The van der Waals surface area contributed by atoms with Crippen LogP contribution < -0.4 is 10.1 Å². The monoisotopic (exact) mass is 281 g/mol. The van der Waals surface area contributed by atoms with Crippen molar-refractivity contribution in [1.82, 2.24) is 5.32 Å². The summed E-state index contributed by atoms with van der Waals surface area (Å²) in [5.41, 5.74) is 1.70. The van der Waals surface area contributed by atoms with Gasteiger partial charge >= 0.3 is 5.97 Å². The molecule has 0 spiro atoms. The van der Waals surface area contributed by atoms with Crippen LogP contribution in [0.25, 0.3) is 0 Å². The van der Waals surface area contributed by atoms with Crippen LogP contribution >= 0.6 is 0 Å². The van der Waals surface area contributed by atoms with Crippen LogP contribution in [0.15, 0.2) is 18.2 Å². The fraction of sp³-hybridized carbons (Fsp3) is 0.533. The Balaban J connectivity index is 3.00. The molecule has 0 aliphatic carbocycles. The first-order chi connectivity index (χ1) is 9.53. The highest BCUT2D eigenvalue weighted by molar-refractivity contribution is 5.70. The second-order valence-corrected chi connectivity index (χ2v) is 4.59. The maximum atomic E-state index is 11.4. The van der Waals surface area contributed by atoms with E-state index >= 15 is 0 Å². The molecule has 2 unspecified atom stereocenters. The van der Waals surface area contributed by atoms with Crippen LogP contribution in [0.2, 0.25) is 0 Å². The Bertz CT molecular complexity index is 447. The second kappa shape index (κ2) is 7.87. The van der Waals surface area contributed by atoms with Gasteiger partial charge in [-0.25, -0.2) is 0 Å². The van der Waals surface area contributed by atoms with Gasteiger partial charge in [0.15, 0.2) is 0 Å². The van der Waals surface area contributed by atoms with Crippen LogP contribution in [0.3, 0.4) is 0 Å². The molecule has 0 saturated carbocycles. The van der Waals surface area contributed by atoms with E-state index in [1.807, 2.05) is 32.0 Å². The van der Waals surface area contributed by atoms with E-state index in [0.717, 1.165) is 5.56 Å². The Morgan fingerprint density at radius 3 is 2.70 bits per heavy atom. The summed E-state index contributed by atoms with van der Waals surface area (Å²) in [6.07, 6.45) is -0.756. The lowest BCUT2D eigenvalue weighted by Crippen LogP contribution is -2.35. The number of likely N-dealkylation sites (N-methyl/N-ethyl adjacent to an activating group) is 1. The molecule has 0 fully saturated rings. The zero-order valence-electron chi connectivity index (χ0n) is 12.5. The Hall–Kier alpha value is -1.59. The zero-order chi connectivity index (χ0) is 15.1. The summed E-state index contributed by atoms with van der Waals surface area (Å²) in [5, 5.41) is 13.5. The number of aliphatic hydroxyl groups excluding tert-OH is 1. The molecule has 0 amide bonds. The zero-order valence-corrected chi connectivity index (χ0v) is 12.5. The summed E-state index contributed by atoms with van der Waals surface area (Å²) in [6.45, 7) is 4.35. The van der Waals surface area contributed by atoms with Crippen LogP contribution in [0.4, 0.5) is 0 Å². The van der Waals surface area contributed by atoms with Crippen molar-refractivity contribution in [3.05, 3.63) is 29.3 Å². The van der Waals surface area contributed by atoms with Gasteiger partial charge in [0.1, 0.15) is 5.75 Å². The number of carbonyl (C=O) groups is 1. The molecule has 1 rings (SSSR count). The number of carbonyl (C=O) groups excluding carboxylic acids is 1. The molecule has 2 atom stereocenters. The van der Waals surface area contributed by atoms with E-state index < -0.39 is 12.1 Å². The Morgan fingerprint density at radius 2 is 2.15 bits per heavy atom. The summed E-state index contributed by atoms with van der Waals surface area (Å²) in [5.74, 6) is 0.268. The van der Waals surface area contributed by atoms with Crippen LogP contribution in [-0.2, 0) is 9.53 Å². The highest BCUT2D eigenvalue weighted by Crippen LogP contribution is 2.29. The Morgan fingerprint density at radius 1 is 1.45 bits per heavy atom. The number of ether oxygens (including phenoxy) is 2. The van der Waals surface area contributed by atoms with Gasteiger partial charge < -0.3 is 19.9 Å². The molecule has 0 aromatic heterocycles.